The van der Waals surface area contributed by atoms with Crippen LogP contribution in [0.25, 0.3) is 0 Å². The number of ether oxygens (including phenoxy) is 1. The van der Waals surface area contributed by atoms with Crippen LogP contribution in [0.3, 0.4) is 0 Å². The van der Waals surface area contributed by atoms with Crippen LogP contribution in [0.1, 0.15) is 49.5 Å². The van der Waals surface area contributed by atoms with Gasteiger partial charge in [-0.1, -0.05) is 27.7 Å². The number of methoxy groups -OCH3 is 1. The molecule has 1 aromatic carbocycles. The minimum Gasteiger partial charge on any atom is -0.496 e. The summed E-state index contributed by atoms with van der Waals surface area (Å²) in [6, 6.07) is 5.96. The molecule has 100 valence electrons. The van der Waals surface area contributed by atoms with Gasteiger partial charge in [-0.05, 0) is 29.7 Å². The van der Waals surface area contributed by atoms with E-state index in [9.17, 15) is 4.79 Å². The maximum atomic E-state index is 12.0. The van der Waals surface area contributed by atoms with Crippen molar-refractivity contribution in [2.45, 2.75) is 39.7 Å². The van der Waals surface area contributed by atoms with E-state index in [1.807, 2.05) is 32.0 Å². The molecule has 1 aromatic rings. The second-order valence-corrected chi connectivity index (χ2v) is 5.07. The van der Waals surface area contributed by atoms with E-state index in [1.54, 1.807) is 7.11 Å². The van der Waals surface area contributed by atoms with E-state index in [0.29, 0.717) is 18.5 Å². The van der Waals surface area contributed by atoms with Crippen LogP contribution in [0.5, 0.6) is 5.75 Å². The Labute approximate surface area is 110 Å². The topological polar surface area (TPSA) is 38.3 Å². The molecule has 1 rings (SSSR count). The van der Waals surface area contributed by atoms with Crippen LogP contribution in [0.15, 0.2) is 18.2 Å². The van der Waals surface area contributed by atoms with Crippen molar-refractivity contribution in [1.29, 1.82) is 0 Å². The van der Waals surface area contributed by atoms with Crippen molar-refractivity contribution >= 4 is 5.78 Å². The van der Waals surface area contributed by atoms with Crippen molar-refractivity contribution in [3.8, 4) is 5.75 Å². The fraction of sp³-hybridized carbons (Fsp3) is 0.533. The maximum Gasteiger partial charge on any atom is 0.176 e. The highest BCUT2D eigenvalue weighted by atomic mass is 16.5. The van der Waals surface area contributed by atoms with E-state index >= 15 is 0 Å². The van der Waals surface area contributed by atoms with Crippen LogP contribution in [-0.4, -0.2) is 25.5 Å². The zero-order valence-electron chi connectivity index (χ0n) is 11.9. The molecule has 0 saturated carbocycles. The van der Waals surface area contributed by atoms with Gasteiger partial charge in [-0.25, -0.2) is 0 Å². The number of carbonyl (C=O) groups excluding carboxylic acids is 1. The van der Waals surface area contributed by atoms with Gasteiger partial charge in [-0.2, -0.15) is 0 Å². The number of hydrogen-bond donors (Lipinski definition) is 1. The number of ketones is 1. The highest BCUT2D eigenvalue weighted by Crippen LogP contribution is 2.27. The second-order valence-electron chi connectivity index (χ2n) is 5.07. The molecule has 0 unspecified atom stereocenters. The first kappa shape index (κ1) is 14.7. The number of carbonyl (C=O) groups is 1. The predicted octanol–water partition coefficient (Wildman–Crippen LogP) is 3.00. The summed E-state index contributed by atoms with van der Waals surface area (Å²) >= 11 is 0. The summed E-state index contributed by atoms with van der Waals surface area (Å²) in [5.74, 6) is 1.30. The van der Waals surface area contributed by atoms with Crippen LogP contribution in [0, 0.1) is 0 Å². The first-order chi connectivity index (χ1) is 8.45. The molecule has 0 bridgehead atoms. The third kappa shape index (κ3) is 3.84. The van der Waals surface area contributed by atoms with E-state index in [1.165, 1.54) is 0 Å². The molecule has 18 heavy (non-hydrogen) atoms. The molecular formula is C15H23NO2. The van der Waals surface area contributed by atoms with Gasteiger partial charge in [-0.3, -0.25) is 4.79 Å². The molecule has 1 N–H and O–H groups in total. The fourth-order valence-corrected chi connectivity index (χ4v) is 1.76. The molecule has 3 nitrogen and oxygen atoms in total. The lowest BCUT2D eigenvalue weighted by atomic mass is 9.98. The van der Waals surface area contributed by atoms with Crippen LogP contribution in [0.2, 0.25) is 0 Å². The molecule has 0 radical (unpaired) electrons. The monoisotopic (exact) mass is 249 g/mol. The summed E-state index contributed by atoms with van der Waals surface area (Å²) in [7, 11) is 1.66. The van der Waals surface area contributed by atoms with E-state index in [0.717, 1.165) is 16.9 Å². The molecular weight excluding hydrogens is 226 g/mol. The molecule has 0 fully saturated rings. The summed E-state index contributed by atoms with van der Waals surface area (Å²) in [4.78, 5) is 12.0. The van der Waals surface area contributed by atoms with Crippen LogP contribution < -0.4 is 10.1 Å². The molecule has 0 heterocycles. The van der Waals surface area contributed by atoms with Gasteiger partial charge in [0, 0.05) is 11.6 Å². The summed E-state index contributed by atoms with van der Waals surface area (Å²) in [6.07, 6.45) is 0. The Balaban J connectivity index is 2.90. The number of nitrogens with one attached hydrogen (secondary N) is 1. The summed E-state index contributed by atoms with van der Waals surface area (Å²) in [5, 5.41) is 3.14. The Morgan fingerprint density at radius 2 is 1.94 bits per heavy atom. The highest BCUT2D eigenvalue weighted by molar-refractivity contribution is 5.98. The standard InChI is InChI=1S/C15H23NO2/c1-10(2)13-8-12(6-7-15(13)18-5)14(17)9-16-11(3)4/h6-8,10-11,16H,9H2,1-5H3. The normalized spacial score (nSPS) is 11.1. The Hall–Kier alpha value is -1.35. The first-order valence-electron chi connectivity index (χ1n) is 6.40. The Morgan fingerprint density at radius 3 is 2.44 bits per heavy atom. The van der Waals surface area contributed by atoms with E-state index in [4.69, 9.17) is 4.74 Å². The zero-order valence-corrected chi connectivity index (χ0v) is 11.9. The summed E-state index contributed by atoms with van der Waals surface area (Å²) in [5.41, 5.74) is 1.82. The van der Waals surface area contributed by atoms with Crippen molar-refractivity contribution in [3.05, 3.63) is 29.3 Å². The second kappa shape index (κ2) is 6.55. The molecule has 0 aliphatic carbocycles. The molecule has 0 aliphatic heterocycles. The van der Waals surface area contributed by atoms with Crippen molar-refractivity contribution in [3.63, 3.8) is 0 Å². The lowest BCUT2D eigenvalue weighted by Crippen LogP contribution is -2.29. The van der Waals surface area contributed by atoms with Crippen molar-refractivity contribution < 1.29 is 9.53 Å². The van der Waals surface area contributed by atoms with Crippen molar-refractivity contribution in [2.75, 3.05) is 13.7 Å². The SMILES string of the molecule is COc1ccc(C(=O)CNC(C)C)cc1C(C)C. The molecule has 3 heteroatoms. The van der Waals surface area contributed by atoms with Crippen LogP contribution in [0.4, 0.5) is 0 Å². The Bertz CT molecular complexity index is 411. The number of hydrogen-bond acceptors (Lipinski definition) is 3. The Kier molecular flexibility index (Phi) is 5.35. The van der Waals surface area contributed by atoms with Gasteiger partial charge in [0.15, 0.2) is 5.78 Å². The smallest absolute Gasteiger partial charge is 0.176 e. The van der Waals surface area contributed by atoms with Gasteiger partial charge in [0.2, 0.25) is 0 Å². The van der Waals surface area contributed by atoms with E-state index < -0.39 is 0 Å². The molecule has 0 aromatic heterocycles. The maximum absolute atomic E-state index is 12.0. The predicted molar refractivity (Wildman–Crippen MR) is 74.6 cm³/mol. The number of rotatable bonds is 6. The molecule has 0 atom stereocenters. The fourth-order valence-electron chi connectivity index (χ4n) is 1.76. The van der Waals surface area contributed by atoms with E-state index in [2.05, 4.69) is 19.2 Å². The number of Topliss-reactive ketones (excluding diaryl/α,β-unsaturated/α-hetero) is 1. The van der Waals surface area contributed by atoms with Gasteiger partial charge in [0.05, 0.1) is 13.7 Å². The van der Waals surface area contributed by atoms with Gasteiger partial charge in [0.1, 0.15) is 5.75 Å². The first-order valence-corrected chi connectivity index (χ1v) is 6.40. The third-order valence-corrected chi connectivity index (χ3v) is 2.84. The van der Waals surface area contributed by atoms with Gasteiger partial charge >= 0.3 is 0 Å². The molecule has 0 spiro atoms. The minimum atomic E-state index is 0.119. The van der Waals surface area contributed by atoms with Crippen molar-refractivity contribution in [1.82, 2.24) is 5.32 Å². The Morgan fingerprint density at radius 1 is 1.28 bits per heavy atom. The van der Waals surface area contributed by atoms with Gasteiger partial charge in [-0.15, -0.1) is 0 Å². The van der Waals surface area contributed by atoms with E-state index in [-0.39, 0.29) is 5.78 Å². The molecule has 0 amide bonds. The summed E-state index contributed by atoms with van der Waals surface area (Å²) in [6.45, 7) is 8.63. The summed E-state index contributed by atoms with van der Waals surface area (Å²) < 4.78 is 5.31. The van der Waals surface area contributed by atoms with Crippen LogP contribution in [-0.2, 0) is 0 Å². The lowest BCUT2D eigenvalue weighted by Gasteiger charge is -2.13. The molecule has 0 aliphatic rings. The average Bonchev–Trinajstić information content (AvgIpc) is 2.34. The lowest BCUT2D eigenvalue weighted by molar-refractivity contribution is 0.0988. The highest BCUT2D eigenvalue weighted by Gasteiger charge is 2.12. The largest absolute Gasteiger partial charge is 0.496 e. The van der Waals surface area contributed by atoms with Crippen LogP contribution >= 0.6 is 0 Å². The van der Waals surface area contributed by atoms with Crippen molar-refractivity contribution in [2.24, 2.45) is 0 Å². The third-order valence-electron chi connectivity index (χ3n) is 2.84. The quantitative estimate of drug-likeness (QED) is 0.788. The number of benzene rings is 1. The average molecular weight is 249 g/mol. The minimum absolute atomic E-state index is 0.119. The zero-order chi connectivity index (χ0) is 13.7. The van der Waals surface area contributed by atoms with Gasteiger partial charge < -0.3 is 10.1 Å². The van der Waals surface area contributed by atoms with Gasteiger partial charge in [0.25, 0.3) is 0 Å². The molecule has 0 saturated heterocycles.